The van der Waals surface area contributed by atoms with Gasteiger partial charge in [0.1, 0.15) is 0 Å². The molecule has 1 fully saturated rings. The summed E-state index contributed by atoms with van der Waals surface area (Å²) in [5, 5.41) is 4.12. The molecule has 0 unspecified atom stereocenters. The van der Waals surface area contributed by atoms with Crippen molar-refractivity contribution in [3.63, 3.8) is 0 Å². The minimum atomic E-state index is 0.443. The van der Waals surface area contributed by atoms with Crippen molar-refractivity contribution in [3.05, 3.63) is 35.0 Å². The van der Waals surface area contributed by atoms with Gasteiger partial charge in [0, 0.05) is 5.92 Å². The molecule has 1 aromatic heterocycles. The first-order valence-corrected chi connectivity index (χ1v) is 5.99. The van der Waals surface area contributed by atoms with Crippen LogP contribution in [0.5, 0.6) is 0 Å². The fourth-order valence-corrected chi connectivity index (χ4v) is 2.32. The van der Waals surface area contributed by atoms with E-state index in [0.717, 1.165) is 16.8 Å². The Balaban J connectivity index is 2.16. The van der Waals surface area contributed by atoms with Crippen molar-refractivity contribution in [2.75, 3.05) is 5.73 Å². The highest BCUT2D eigenvalue weighted by atomic mass is 16.5. The van der Waals surface area contributed by atoms with Crippen molar-refractivity contribution in [1.29, 1.82) is 0 Å². The first kappa shape index (κ1) is 10.4. The van der Waals surface area contributed by atoms with E-state index in [-0.39, 0.29) is 0 Å². The third kappa shape index (κ3) is 1.71. The Kier molecular flexibility index (Phi) is 2.21. The molecule has 3 nitrogen and oxygen atoms in total. The zero-order chi connectivity index (χ0) is 12.0. The molecule has 2 N–H and O–H groups in total. The Labute approximate surface area is 101 Å². The fourth-order valence-electron chi connectivity index (χ4n) is 2.32. The lowest BCUT2D eigenvalue weighted by Gasteiger charge is -2.06. The van der Waals surface area contributed by atoms with Crippen LogP contribution in [0.15, 0.2) is 22.7 Å². The van der Waals surface area contributed by atoms with E-state index in [1.165, 1.54) is 24.0 Å². The van der Waals surface area contributed by atoms with Crippen LogP contribution in [0.2, 0.25) is 0 Å². The molecule has 3 rings (SSSR count). The standard InChI is InChI=1S/C14H16N2O/c1-8-3-6-11(9(2)7-8)12-13(10-4-5-10)16-17-14(12)15/h3,6-7,10H,4-5,15H2,1-2H3. The van der Waals surface area contributed by atoms with Crippen molar-refractivity contribution >= 4 is 5.88 Å². The molecule has 1 aliphatic rings. The van der Waals surface area contributed by atoms with Gasteiger partial charge in [0.05, 0.1) is 11.3 Å². The van der Waals surface area contributed by atoms with Crippen LogP contribution >= 0.6 is 0 Å². The van der Waals surface area contributed by atoms with Gasteiger partial charge in [-0.05, 0) is 37.8 Å². The molecule has 17 heavy (non-hydrogen) atoms. The lowest BCUT2D eigenvalue weighted by atomic mass is 9.97. The second-order valence-electron chi connectivity index (χ2n) is 4.90. The predicted octanol–water partition coefficient (Wildman–Crippen LogP) is 3.42. The van der Waals surface area contributed by atoms with E-state index in [1.54, 1.807) is 0 Å². The molecular weight excluding hydrogens is 212 g/mol. The SMILES string of the molecule is Cc1ccc(-c2c(C3CC3)noc2N)c(C)c1. The molecule has 2 aromatic rings. The van der Waals surface area contributed by atoms with E-state index in [1.807, 2.05) is 0 Å². The third-order valence-corrected chi connectivity index (χ3v) is 3.36. The van der Waals surface area contributed by atoms with Gasteiger partial charge < -0.3 is 10.3 Å². The normalized spacial score (nSPS) is 15.2. The van der Waals surface area contributed by atoms with Crippen LogP contribution < -0.4 is 5.73 Å². The molecule has 3 heteroatoms. The highest BCUT2D eigenvalue weighted by Gasteiger charge is 2.32. The summed E-state index contributed by atoms with van der Waals surface area (Å²) < 4.78 is 5.16. The van der Waals surface area contributed by atoms with Gasteiger partial charge in [0.25, 0.3) is 0 Å². The van der Waals surface area contributed by atoms with Crippen LogP contribution in [0.3, 0.4) is 0 Å². The minimum Gasteiger partial charge on any atom is -0.367 e. The molecule has 0 aliphatic heterocycles. The van der Waals surface area contributed by atoms with Gasteiger partial charge >= 0.3 is 0 Å². The number of hydrogen-bond donors (Lipinski definition) is 1. The van der Waals surface area contributed by atoms with Crippen LogP contribution in [0, 0.1) is 13.8 Å². The van der Waals surface area contributed by atoms with Gasteiger partial charge in [-0.2, -0.15) is 0 Å². The largest absolute Gasteiger partial charge is 0.367 e. The summed E-state index contributed by atoms with van der Waals surface area (Å²) in [7, 11) is 0. The second-order valence-corrected chi connectivity index (χ2v) is 4.90. The summed E-state index contributed by atoms with van der Waals surface area (Å²) in [6, 6.07) is 6.38. The molecule has 0 bridgehead atoms. The average Bonchev–Trinajstić information content (AvgIpc) is 3.04. The number of aryl methyl sites for hydroxylation is 2. The van der Waals surface area contributed by atoms with Gasteiger partial charge in [-0.15, -0.1) is 0 Å². The highest BCUT2D eigenvalue weighted by molar-refractivity contribution is 5.78. The number of anilines is 1. The molecule has 0 saturated heterocycles. The van der Waals surface area contributed by atoms with Crippen molar-refractivity contribution in [2.45, 2.75) is 32.6 Å². The monoisotopic (exact) mass is 228 g/mol. The zero-order valence-electron chi connectivity index (χ0n) is 10.2. The average molecular weight is 228 g/mol. The predicted molar refractivity (Wildman–Crippen MR) is 67.8 cm³/mol. The van der Waals surface area contributed by atoms with E-state index in [4.69, 9.17) is 10.3 Å². The smallest absolute Gasteiger partial charge is 0.230 e. The minimum absolute atomic E-state index is 0.443. The summed E-state index contributed by atoms with van der Waals surface area (Å²) in [6.45, 7) is 4.20. The van der Waals surface area contributed by atoms with Crippen molar-refractivity contribution in [2.24, 2.45) is 0 Å². The van der Waals surface area contributed by atoms with Crippen LogP contribution in [0.1, 0.15) is 35.6 Å². The molecular formula is C14H16N2O. The fraction of sp³-hybridized carbons (Fsp3) is 0.357. The molecule has 1 saturated carbocycles. The number of nitrogens with two attached hydrogens (primary N) is 1. The molecule has 0 radical (unpaired) electrons. The topological polar surface area (TPSA) is 52.0 Å². The molecule has 1 heterocycles. The van der Waals surface area contributed by atoms with E-state index in [9.17, 15) is 0 Å². The summed E-state index contributed by atoms with van der Waals surface area (Å²) in [6.07, 6.45) is 2.40. The lowest BCUT2D eigenvalue weighted by molar-refractivity contribution is 0.428. The molecule has 0 atom stereocenters. The molecule has 1 aliphatic carbocycles. The molecule has 0 amide bonds. The highest BCUT2D eigenvalue weighted by Crippen LogP contribution is 2.46. The van der Waals surface area contributed by atoms with Gasteiger partial charge in [0.15, 0.2) is 0 Å². The number of rotatable bonds is 2. The third-order valence-electron chi connectivity index (χ3n) is 3.36. The number of hydrogen-bond acceptors (Lipinski definition) is 3. The summed E-state index contributed by atoms with van der Waals surface area (Å²) in [5.41, 5.74) is 11.6. The lowest BCUT2D eigenvalue weighted by Crippen LogP contribution is -1.92. The maximum atomic E-state index is 5.92. The van der Waals surface area contributed by atoms with Crippen LogP contribution in [0.25, 0.3) is 11.1 Å². The number of aromatic nitrogens is 1. The molecule has 0 spiro atoms. The Morgan fingerprint density at radius 1 is 1.29 bits per heavy atom. The number of nitrogens with zero attached hydrogens (tertiary/aromatic N) is 1. The van der Waals surface area contributed by atoms with Gasteiger partial charge in [-0.1, -0.05) is 28.9 Å². The molecule has 1 aromatic carbocycles. The van der Waals surface area contributed by atoms with Crippen molar-refractivity contribution in [1.82, 2.24) is 5.16 Å². The second kappa shape index (κ2) is 3.62. The van der Waals surface area contributed by atoms with E-state index in [2.05, 4.69) is 37.2 Å². The van der Waals surface area contributed by atoms with E-state index < -0.39 is 0 Å². The quantitative estimate of drug-likeness (QED) is 0.856. The molecule has 88 valence electrons. The van der Waals surface area contributed by atoms with E-state index >= 15 is 0 Å². The maximum absolute atomic E-state index is 5.92. The van der Waals surface area contributed by atoms with Crippen LogP contribution in [-0.2, 0) is 0 Å². The Morgan fingerprint density at radius 2 is 2.06 bits per heavy atom. The van der Waals surface area contributed by atoms with Gasteiger partial charge in [-0.3, -0.25) is 0 Å². The maximum Gasteiger partial charge on any atom is 0.230 e. The summed E-state index contributed by atoms with van der Waals surface area (Å²) >= 11 is 0. The Hall–Kier alpha value is -1.77. The summed E-state index contributed by atoms with van der Waals surface area (Å²) in [4.78, 5) is 0. The van der Waals surface area contributed by atoms with Crippen LogP contribution in [0.4, 0.5) is 5.88 Å². The van der Waals surface area contributed by atoms with Gasteiger partial charge in [0.2, 0.25) is 5.88 Å². The van der Waals surface area contributed by atoms with Gasteiger partial charge in [-0.25, -0.2) is 0 Å². The van der Waals surface area contributed by atoms with Crippen molar-refractivity contribution < 1.29 is 4.52 Å². The van der Waals surface area contributed by atoms with Crippen molar-refractivity contribution in [3.8, 4) is 11.1 Å². The number of nitrogen functional groups attached to an aromatic ring is 1. The number of benzene rings is 1. The van der Waals surface area contributed by atoms with Crippen LogP contribution in [-0.4, -0.2) is 5.16 Å². The van der Waals surface area contributed by atoms with E-state index in [0.29, 0.717) is 11.8 Å². The first-order chi connectivity index (χ1) is 8.16. The first-order valence-electron chi connectivity index (χ1n) is 5.99. The Bertz CT molecular complexity index is 568. The Morgan fingerprint density at radius 3 is 2.71 bits per heavy atom. The summed E-state index contributed by atoms with van der Waals surface area (Å²) in [5.74, 6) is 0.991. The zero-order valence-corrected chi connectivity index (χ0v) is 10.2.